The highest BCUT2D eigenvalue weighted by atomic mass is 15.3. The van der Waals surface area contributed by atoms with E-state index in [4.69, 9.17) is 0 Å². The number of nitrogens with zero attached hydrogens (tertiary/aromatic N) is 3. The first-order valence-corrected chi connectivity index (χ1v) is 7.25. The molecule has 0 amide bonds. The van der Waals surface area contributed by atoms with E-state index in [-0.39, 0.29) is 0 Å². The van der Waals surface area contributed by atoms with Crippen LogP contribution in [0.1, 0.15) is 42.0 Å². The van der Waals surface area contributed by atoms with Crippen LogP contribution in [0.2, 0.25) is 0 Å². The Morgan fingerprint density at radius 1 is 1.25 bits per heavy atom. The first-order valence-electron chi connectivity index (χ1n) is 7.25. The fourth-order valence-corrected chi connectivity index (χ4v) is 2.48. The Hall–Kier alpha value is -1.68. The molecule has 0 saturated heterocycles. The van der Waals surface area contributed by atoms with Crippen LogP contribution < -0.4 is 5.32 Å². The molecule has 2 rings (SSSR count). The van der Waals surface area contributed by atoms with Crippen LogP contribution in [0.4, 0.5) is 0 Å². The Balaban J connectivity index is 2.21. The van der Waals surface area contributed by atoms with Crippen molar-refractivity contribution in [3.05, 3.63) is 47.0 Å². The fraction of sp³-hybridized carbons (Fsp3) is 0.500. The van der Waals surface area contributed by atoms with Crippen molar-refractivity contribution in [3.8, 4) is 0 Å². The lowest BCUT2D eigenvalue weighted by Crippen LogP contribution is -2.25. The van der Waals surface area contributed by atoms with Crippen LogP contribution in [0.3, 0.4) is 0 Å². The van der Waals surface area contributed by atoms with E-state index in [9.17, 15) is 0 Å². The molecule has 0 spiro atoms. The molecule has 0 radical (unpaired) electrons. The van der Waals surface area contributed by atoms with E-state index in [1.165, 1.54) is 11.3 Å². The highest BCUT2D eigenvalue weighted by Gasteiger charge is 2.14. The molecule has 0 aromatic carbocycles. The normalized spacial score (nSPS) is 12.6. The van der Waals surface area contributed by atoms with Crippen molar-refractivity contribution in [2.75, 3.05) is 6.54 Å². The zero-order valence-electron chi connectivity index (χ0n) is 12.8. The summed E-state index contributed by atoms with van der Waals surface area (Å²) in [4.78, 5) is 4.29. The number of aryl methyl sites for hydroxylation is 3. The summed E-state index contributed by atoms with van der Waals surface area (Å²) in [5.74, 6) is 0. The largest absolute Gasteiger partial charge is 0.310 e. The van der Waals surface area contributed by atoms with Crippen LogP contribution in [0.15, 0.2) is 24.4 Å². The summed E-state index contributed by atoms with van der Waals surface area (Å²) >= 11 is 0. The molecule has 2 aromatic rings. The molecule has 2 aromatic heterocycles. The van der Waals surface area contributed by atoms with Crippen molar-refractivity contribution in [3.63, 3.8) is 0 Å². The van der Waals surface area contributed by atoms with Gasteiger partial charge in [-0.05, 0) is 50.6 Å². The first kappa shape index (κ1) is 14.7. The number of aromatic nitrogens is 3. The van der Waals surface area contributed by atoms with Gasteiger partial charge in [-0.1, -0.05) is 6.92 Å². The number of rotatable bonds is 6. The number of hydrogen-bond donors (Lipinski definition) is 1. The third-order valence-corrected chi connectivity index (χ3v) is 3.48. The minimum absolute atomic E-state index is 0.312. The summed E-state index contributed by atoms with van der Waals surface area (Å²) in [6.07, 6.45) is 3.96. The van der Waals surface area contributed by atoms with Gasteiger partial charge in [-0.2, -0.15) is 5.10 Å². The van der Waals surface area contributed by atoms with Crippen molar-refractivity contribution < 1.29 is 0 Å². The minimum Gasteiger partial charge on any atom is -0.310 e. The standard InChI is InChI=1S/C16H24N4/c1-5-7-18-16(14-6-8-17-12(2)9-14)11-15-10-13(3)19-20(15)4/h6,8-10,16,18H,5,7,11H2,1-4H3. The summed E-state index contributed by atoms with van der Waals surface area (Å²) in [7, 11) is 2.01. The second kappa shape index (κ2) is 6.66. The van der Waals surface area contributed by atoms with Crippen molar-refractivity contribution in [1.29, 1.82) is 0 Å². The van der Waals surface area contributed by atoms with Gasteiger partial charge < -0.3 is 5.32 Å². The molecule has 2 heterocycles. The molecule has 0 saturated carbocycles. The third-order valence-electron chi connectivity index (χ3n) is 3.48. The molecular weight excluding hydrogens is 248 g/mol. The average molecular weight is 272 g/mol. The lowest BCUT2D eigenvalue weighted by molar-refractivity contribution is 0.511. The second-order valence-corrected chi connectivity index (χ2v) is 5.34. The maximum Gasteiger partial charge on any atom is 0.0596 e. The van der Waals surface area contributed by atoms with Crippen LogP contribution in [-0.4, -0.2) is 21.3 Å². The van der Waals surface area contributed by atoms with Crippen molar-refractivity contribution in [2.24, 2.45) is 7.05 Å². The molecule has 0 aliphatic heterocycles. The predicted octanol–water partition coefficient (Wildman–Crippen LogP) is 2.72. The highest BCUT2D eigenvalue weighted by Crippen LogP contribution is 2.19. The van der Waals surface area contributed by atoms with Gasteiger partial charge in [-0.15, -0.1) is 0 Å². The predicted molar refractivity (Wildman–Crippen MR) is 81.7 cm³/mol. The Labute approximate surface area is 121 Å². The molecular formula is C16H24N4. The second-order valence-electron chi connectivity index (χ2n) is 5.34. The van der Waals surface area contributed by atoms with E-state index < -0.39 is 0 Å². The Morgan fingerprint density at radius 3 is 2.65 bits per heavy atom. The highest BCUT2D eigenvalue weighted by molar-refractivity contribution is 5.22. The quantitative estimate of drug-likeness (QED) is 0.879. The van der Waals surface area contributed by atoms with Gasteiger partial charge in [0.25, 0.3) is 0 Å². The average Bonchev–Trinajstić information content (AvgIpc) is 2.72. The summed E-state index contributed by atoms with van der Waals surface area (Å²) in [6.45, 7) is 7.28. The SMILES string of the molecule is CCCNC(Cc1cc(C)nn1C)c1ccnc(C)c1. The number of hydrogen-bond acceptors (Lipinski definition) is 3. The molecule has 1 atom stereocenters. The van der Waals surface area contributed by atoms with Gasteiger partial charge in [0.15, 0.2) is 0 Å². The summed E-state index contributed by atoms with van der Waals surface area (Å²) < 4.78 is 1.98. The fourth-order valence-electron chi connectivity index (χ4n) is 2.48. The Kier molecular flexibility index (Phi) is 4.90. The third kappa shape index (κ3) is 3.67. The summed E-state index contributed by atoms with van der Waals surface area (Å²) in [5, 5.41) is 8.06. The van der Waals surface area contributed by atoms with Crippen molar-refractivity contribution >= 4 is 0 Å². The van der Waals surface area contributed by atoms with Gasteiger partial charge in [-0.25, -0.2) is 0 Å². The van der Waals surface area contributed by atoms with Crippen LogP contribution in [0.5, 0.6) is 0 Å². The van der Waals surface area contributed by atoms with E-state index >= 15 is 0 Å². The maximum absolute atomic E-state index is 4.43. The maximum atomic E-state index is 4.43. The number of pyridine rings is 1. The zero-order valence-corrected chi connectivity index (χ0v) is 12.8. The van der Waals surface area contributed by atoms with E-state index in [2.05, 4.69) is 40.5 Å². The van der Waals surface area contributed by atoms with Crippen molar-refractivity contribution in [1.82, 2.24) is 20.1 Å². The first-order chi connectivity index (χ1) is 9.60. The molecule has 0 aliphatic carbocycles. The van der Waals surface area contributed by atoms with E-state index in [1.54, 1.807) is 0 Å². The van der Waals surface area contributed by atoms with E-state index in [0.717, 1.165) is 30.8 Å². The molecule has 1 N–H and O–H groups in total. The minimum atomic E-state index is 0.312. The lowest BCUT2D eigenvalue weighted by Gasteiger charge is -2.19. The van der Waals surface area contributed by atoms with E-state index in [0.29, 0.717) is 6.04 Å². The molecule has 0 bridgehead atoms. The molecule has 4 heteroatoms. The molecule has 20 heavy (non-hydrogen) atoms. The monoisotopic (exact) mass is 272 g/mol. The van der Waals surface area contributed by atoms with Crippen LogP contribution in [0, 0.1) is 13.8 Å². The van der Waals surface area contributed by atoms with Gasteiger partial charge in [0, 0.05) is 37.1 Å². The van der Waals surface area contributed by atoms with E-state index in [1.807, 2.05) is 31.8 Å². The molecule has 0 fully saturated rings. The lowest BCUT2D eigenvalue weighted by atomic mass is 10.0. The van der Waals surface area contributed by atoms with Gasteiger partial charge in [0.1, 0.15) is 0 Å². The van der Waals surface area contributed by atoms with Gasteiger partial charge >= 0.3 is 0 Å². The Morgan fingerprint density at radius 2 is 2.05 bits per heavy atom. The number of nitrogens with one attached hydrogen (secondary N) is 1. The molecule has 1 unspecified atom stereocenters. The molecule has 4 nitrogen and oxygen atoms in total. The zero-order chi connectivity index (χ0) is 14.5. The summed E-state index contributed by atoms with van der Waals surface area (Å²) in [6, 6.07) is 6.74. The Bertz CT molecular complexity index is 559. The van der Waals surface area contributed by atoms with Crippen molar-refractivity contribution in [2.45, 2.75) is 39.7 Å². The van der Waals surface area contributed by atoms with Gasteiger partial charge in [0.05, 0.1) is 5.69 Å². The van der Waals surface area contributed by atoms with Crippen LogP contribution in [0.25, 0.3) is 0 Å². The van der Waals surface area contributed by atoms with Crippen LogP contribution in [-0.2, 0) is 13.5 Å². The summed E-state index contributed by atoms with van der Waals surface area (Å²) in [5.41, 5.74) is 4.69. The smallest absolute Gasteiger partial charge is 0.0596 e. The molecule has 108 valence electrons. The van der Waals surface area contributed by atoms with Gasteiger partial charge in [0.2, 0.25) is 0 Å². The topological polar surface area (TPSA) is 42.7 Å². The molecule has 0 aliphatic rings. The van der Waals surface area contributed by atoms with Gasteiger partial charge in [-0.3, -0.25) is 9.67 Å². The van der Waals surface area contributed by atoms with Crippen LogP contribution >= 0.6 is 0 Å².